The largest absolute Gasteiger partial charge is 0.465 e. The normalized spacial score (nSPS) is 15.9. The molecule has 0 bridgehead atoms. The summed E-state index contributed by atoms with van der Waals surface area (Å²) in [6, 6.07) is 16.2. The third-order valence-corrected chi connectivity index (χ3v) is 5.90. The minimum absolute atomic E-state index is 0.0633. The molecule has 0 spiro atoms. The van der Waals surface area contributed by atoms with Gasteiger partial charge in [-0.2, -0.15) is 0 Å². The molecule has 2 N–H and O–H groups in total. The molecule has 1 unspecified atom stereocenters. The molecular formula is C24H22FN5O2. The molecule has 0 saturated carbocycles. The van der Waals surface area contributed by atoms with Crippen molar-refractivity contribution in [3.8, 4) is 11.3 Å². The van der Waals surface area contributed by atoms with E-state index in [1.165, 1.54) is 6.07 Å². The first-order chi connectivity index (χ1) is 15.5. The van der Waals surface area contributed by atoms with Crippen LogP contribution < -0.4 is 10.2 Å². The maximum absolute atomic E-state index is 13.8. The van der Waals surface area contributed by atoms with Gasteiger partial charge in [0.05, 0.1) is 17.9 Å². The first-order valence-electron chi connectivity index (χ1n) is 10.5. The van der Waals surface area contributed by atoms with E-state index in [0.29, 0.717) is 11.3 Å². The Kier molecular flexibility index (Phi) is 4.97. The highest BCUT2D eigenvalue weighted by Gasteiger charge is 2.28. The van der Waals surface area contributed by atoms with E-state index in [4.69, 9.17) is 10.2 Å². The first kappa shape index (κ1) is 20.0. The second-order valence-electron chi connectivity index (χ2n) is 7.97. The summed E-state index contributed by atoms with van der Waals surface area (Å²) in [6.07, 6.45) is 2.55. The minimum Gasteiger partial charge on any atom is -0.465 e. The van der Waals surface area contributed by atoms with Gasteiger partial charge in [0.15, 0.2) is 5.65 Å². The van der Waals surface area contributed by atoms with Gasteiger partial charge >= 0.3 is 6.09 Å². The van der Waals surface area contributed by atoms with Crippen molar-refractivity contribution in [1.29, 1.82) is 0 Å². The van der Waals surface area contributed by atoms with Crippen LogP contribution in [0.3, 0.4) is 0 Å². The second-order valence-corrected chi connectivity index (χ2v) is 7.97. The van der Waals surface area contributed by atoms with Crippen LogP contribution in [0.1, 0.15) is 30.0 Å². The Hall–Kier alpha value is -3.94. The third kappa shape index (κ3) is 3.64. The van der Waals surface area contributed by atoms with Gasteiger partial charge in [0.1, 0.15) is 11.6 Å². The van der Waals surface area contributed by atoms with E-state index in [2.05, 4.69) is 15.2 Å². The number of imidazole rings is 1. The molecule has 1 aliphatic rings. The minimum atomic E-state index is -1.11. The Morgan fingerprint density at radius 3 is 2.88 bits per heavy atom. The van der Waals surface area contributed by atoms with Crippen LogP contribution in [0.15, 0.2) is 60.8 Å². The lowest BCUT2D eigenvalue weighted by Gasteiger charge is -2.26. The summed E-state index contributed by atoms with van der Waals surface area (Å²) < 4.78 is 15.6. The van der Waals surface area contributed by atoms with Gasteiger partial charge in [-0.15, -0.1) is 5.10 Å². The Morgan fingerprint density at radius 2 is 2.06 bits per heavy atom. The highest BCUT2D eigenvalue weighted by molar-refractivity contribution is 5.85. The topological polar surface area (TPSA) is 82.8 Å². The Morgan fingerprint density at radius 1 is 1.19 bits per heavy atom. The predicted molar refractivity (Wildman–Crippen MR) is 121 cm³/mol. The van der Waals surface area contributed by atoms with Crippen LogP contribution >= 0.6 is 0 Å². The van der Waals surface area contributed by atoms with Crippen molar-refractivity contribution in [3.05, 3.63) is 77.7 Å². The Bertz CT molecular complexity index is 1320. The number of nitrogens with zero attached hydrogens (tertiary/aromatic N) is 4. The van der Waals surface area contributed by atoms with Crippen LogP contribution in [0.25, 0.3) is 16.9 Å². The molecule has 4 aromatic rings. The van der Waals surface area contributed by atoms with E-state index in [9.17, 15) is 9.18 Å². The summed E-state index contributed by atoms with van der Waals surface area (Å²) in [5.74, 6) is 0.555. The van der Waals surface area contributed by atoms with Crippen molar-refractivity contribution in [2.24, 2.45) is 0 Å². The van der Waals surface area contributed by atoms with Gasteiger partial charge in [-0.1, -0.05) is 24.3 Å². The molecule has 32 heavy (non-hydrogen) atoms. The molecule has 1 fully saturated rings. The number of anilines is 2. The van der Waals surface area contributed by atoms with E-state index in [-0.39, 0.29) is 11.9 Å². The van der Waals surface area contributed by atoms with Crippen LogP contribution in [-0.4, -0.2) is 32.3 Å². The fourth-order valence-electron chi connectivity index (χ4n) is 4.35. The quantitative estimate of drug-likeness (QED) is 0.460. The monoisotopic (exact) mass is 431 g/mol. The van der Waals surface area contributed by atoms with Gasteiger partial charge in [0, 0.05) is 17.8 Å². The molecule has 0 aliphatic carbocycles. The van der Waals surface area contributed by atoms with Gasteiger partial charge in [0.2, 0.25) is 0 Å². The molecule has 5 rings (SSSR count). The van der Waals surface area contributed by atoms with E-state index in [0.717, 1.165) is 47.6 Å². The second kappa shape index (κ2) is 7.96. The molecule has 1 saturated heterocycles. The zero-order valence-corrected chi connectivity index (χ0v) is 17.5. The Labute approximate surface area is 184 Å². The van der Waals surface area contributed by atoms with E-state index in [1.807, 2.05) is 37.3 Å². The summed E-state index contributed by atoms with van der Waals surface area (Å²) in [5.41, 5.74) is 4.55. The summed E-state index contributed by atoms with van der Waals surface area (Å²) in [4.78, 5) is 17.8. The molecule has 1 amide bonds. The molecule has 1 aliphatic heterocycles. The van der Waals surface area contributed by atoms with Gasteiger partial charge in [-0.3, -0.25) is 5.32 Å². The van der Waals surface area contributed by atoms with Crippen molar-refractivity contribution >= 4 is 23.2 Å². The number of aryl methyl sites for hydroxylation is 1. The van der Waals surface area contributed by atoms with E-state index < -0.39 is 6.09 Å². The lowest BCUT2D eigenvalue weighted by atomic mass is 10.0. The van der Waals surface area contributed by atoms with Crippen LogP contribution in [0.2, 0.25) is 0 Å². The number of hydrogen-bond acceptors (Lipinski definition) is 4. The number of nitrogens with one attached hydrogen (secondary N) is 1. The number of benzene rings is 2. The van der Waals surface area contributed by atoms with E-state index >= 15 is 0 Å². The van der Waals surface area contributed by atoms with Gasteiger partial charge in [-0.25, -0.2) is 18.7 Å². The third-order valence-electron chi connectivity index (χ3n) is 5.90. The summed E-state index contributed by atoms with van der Waals surface area (Å²) in [5, 5.41) is 16.4. The standard InChI is InChI=1S/C24H22FN5O2/c1-15-7-8-17(13-19(15)27-24(31)32)21-14-26-22-9-10-23(28-30(21)22)29-11-3-6-20(29)16-4-2-5-18(25)12-16/h2,4-5,7-10,12-14,20,27H,3,6,11H2,1H3,(H,31,32). The number of carboxylic acid groups (broad SMARTS) is 1. The van der Waals surface area contributed by atoms with Crippen molar-refractivity contribution in [2.75, 3.05) is 16.8 Å². The molecule has 0 radical (unpaired) electrons. The number of amides is 1. The number of halogens is 1. The van der Waals surface area contributed by atoms with Crippen molar-refractivity contribution in [3.63, 3.8) is 0 Å². The van der Waals surface area contributed by atoms with Crippen LogP contribution in [0, 0.1) is 12.7 Å². The van der Waals surface area contributed by atoms with E-state index in [1.54, 1.807) is 28.9 Å². The fourth-order valence-corrected chi connectivity index (χ4v) is 4.35. The summed E-state index contributed by atoms with van der Waals surface area (Å²) in [7, 11) is 0. The highest BCUT2D eigenvalue weighted by atomic mass is 19.1. The maximum atomic E-state index is 13.8. The van der Waals surface area contributed by atoms with Gasteiger partial charge in [0.25, 0.3) is 0 Å². The van der Waals surface area contributed by atoms with Gasteiger partial charge < -0.3 is 10.0 Å². The molecule has 1 atom stereocenters. The average Bonchev–Trinajstić information content (AvgIpc) is 3.42. The number of aromatic nitrogens is 3. The smallest absolute Gasteiger partial charge is 0.409 e. The fraction of sp³-hybridized carbons (Fsp3) is 0.208. The average molecular weight is 431 g/mol. The molecule has 8 heteroatoms. The number of carbonyl (C=O) groups is 1. The molecule has 2 aromatic heterocycles. The summed E-state index contributed by atoms with van der Waals surface area (Å²) in [6.45, 7) is 2.68. The zero-order chi connectivity index (χ0) is 22.2. The van der Waals surface area contributed by atoms with Gasteiger partial charge in [-0.05, 0) is 61.2 Å². The SMILES string of the molecule is Cc1ccc(-c2cnc3ccc(N4CCCC4c4cccc(F)c4)nn23)cc1NC(=O)O. The molecule has 162 valence electrons. The zero-order valence-electron chi connectivity index (χ0n) is 17.5. The summed E-state index contributed by atoms with van der Waals surface area (Å²) >= 11 is 0. The van der Waals surface area contributed by atoms with Crippen molar-refractivity contribution < 1.29 is 14.3 Å². The molecule has 7 nitrogen and oxygen atoms in total. The molecule has 3 heterocycles. The predicted octanol–water partition coefficient (Wildman–Crippen LogP) is 5.28. The van der Waals surface area contributed by atoms with Crippen molar-refractivity contribution in [1.82, 2.24) is 14.6 Å². The van der Waals surface area contributed by atoms with Crippen molar-refractivity contribution in [2.45, 2.75) is 25.8 Å². The lowest BCUT2D eigenvalue weighted by molar-refractivity contribution is 0.209. The number of hydrogen-bond donors (Lipinski definition) is 2. The highest BCUT2D eigenvalue weighted by Crippen LogP contribution is 2.36. The number of rotatable bonds is 4. The lowest BCUT2D eigenvalue weighted by Crippen LogP contribution is -2.24. The Balaban J connectivity index is 1.54. The molecule has 2 aromatic carbocycles. The maximum Gasteiger partial charge on any atom is 0.409 e. The van der Waals surface area contributed by atoms with Crippen LogP contribution in [0.5, 0.6) is 0 Å². The van der Waals surface area contributed by atoms with Crippen LogP contribution in [0.4, 0.5) is 20.7 Å². The molecular weight excluding hydrogens is 409 g/mol. The van der Waals surface area contributed by atoms with Crippen LogP contribution in [-0.2, 0) is 0 Å². The number of fused-ring (bicyclic) bond motifs is 1. The first-order valence-corrected chi connectivity index (χ1v) is 10.5.